The minimum absolute atomic E-state index is 0.0966. The van der Waals surface area contributed by atoms with E-state index in [0.29, 0.717) is 17.5 Å². The molecule has 0 aliphatic carbocycles. The number of aryl methyl sites for hydroxylation is 1. The standard InChI is InChI=1S/C22H20N4O/c1-15-10-12-18(13-11-15)20-25-22(27-26-20)19-9-6-14-23-21(19)24-16(2)17-7-4-3-5-8-17/h3-14,16H,1-2H3,(H,23,24)/t16-/m1/s1. The van der Waals surface area contributed by atoms with Gasteiger partial charge in [0.2, 0.25) is 5.82 Å². The summed E-state index contributed by atoms with van der Waals surface area (Å²) in [4.78, 5) is 9.04. The summed E-state index contributed by atoms with van der Waals surface area (Å²) in [5, 5.41) is 7.57. The predicted octanol–water partition coefficient (Wildman–Crippen LogP) is 5.28. The third-order valence-corrected chi connectivity index (χ3v) is 4.43. The first-order valence-corrected chi connectivity index (χ1v) is 8.88. The van der Waals surface area contributed by atoms with E-state index in [4.69, 9.17) is 4.52 Å². The first-order chi connectivity index (χ1) is 13.2. The van der Waals surface area contributed by atoms with Gasteiger partial charge in [0.25, 0.3) is 5.89 Å². The number of nitrogens with one attached hydrogen (secondary N) is 1. The zero-order valence-corrected chi connectivity index (χ0v) is 15.3. The minimum atomic E-state index is 0.0966. The lowest BCUT2D eigenvalue weighted by atomic mass is 10.1. The molecule has 2 aromatic carbocycles. The molecule has 0 saturated heterocycles. The molecule has 4 rings (SSSR count). The number of aromatic nitrogens is 3. The Kier molecular flexibility index (Phi) is 4.66. The monoisotopic (exact) mass is 356 g/mol. The first-order valence-electron chi connectivity index (χ1n) is 8.88. The zero-order valence-electron chi connectivity index (χ0n) is 15.3. The maximum atomic E-state index is 5.52. The van der Waals surface area contributed by atoms with E-state index in [2.05, 4.69) is 39.5 Å². The van der Waals surface area contributed by atoms with Crippen molar-refractivity contribution < 1.29 is 4.52 Å². The van der Waals surface area contributed by atoms with Crippen molar-refractivity contribution in [2.24, 2.45) is 0 Å². The van der Waals surface area contributed by atoms with Gasteiger partial charge in [0.1, 0.15) is 5.82 Å². The fraction of sp³-hybridized carbons (Fsp3) is 0.136. The molecule has 0 unspecified atom stereocenters. The van der Waals surface area contributed by atoms with Crippen LogP contribution in [-0.4, -0.2) is 15.1 Å². The van der Waals surface area contributed by atoms with Crippen LogP contribution in [0.5, 0.6) is 0 Å². The van der Waals surface area contributed by atoms with Crippen LogP contribution in [0.4, 0.5) is 5.82 Å². The smallest absolute Gasteiger partial charge is 0.261 e. The molecule has 1 atom stereocenters. The number of benzene rings is 2. The SMILES string of the molecule is Cc1ccc(-c2noc(-c3cccnc3N[C@H](C)c3ccccc3)n2)cc1. The molecular formula is C22H20N4O. The van der Waals surface area contributed by atoms with Gasteiger partial charge in [0, 0.05) is 17.8 Å². The zero-order chi connectivity index (χ0) is 18.6. The summed E-state index contributed by atoms with van der Waals surface area (Å²) in [5.74, 6) is 1.73. The Balaban J connectivity index is 1.62. The molecule has 2 aromatic heterocycles. The van der Waals surface area contributed by atoms with Crippen molar-refractivity contribution in [1.29, 1.82) is 0 Å². The van der Waals surface area contributed by atoms with Crippen LogP contribution >= 0.6 is 0 Å². The van der Waals surface area contributed by atoms with Gasteiger partial charge in [0.15, 0.2) is 0 Å². The quantitative estimate of drug-likeness (QED) is 0.527. The van der Waals surface area contributed by atoms with Crippen LogP contribution in [0.3, 0.4) is 0 Å². The molecule has 4 aromatic rings. The highest BCUT2D eigenvalue weighted by molar-refractivity contribution is 5.70. The fourth-order valence-corrected chi connectivity index (χ4v) is 2.88. The topological polar surface area (TPSA) is 63.8 Å². The van der Waals surface area contributed by atoms with E-state index >= 15 is 0 Å². The van der Waals surface area contributed by atoms with Crippen LogP contribution in [-0.2, 0) is 0 Å². The van der Waals surface area contributed by atoms with E-state index in [1.165, 1.54) is 11.1 Å². The number of nitrogens with zero attached hydrogens (tertiary/aromatic N) is 3. The van der Waals surface area contributed by atoms with Gasteiger partial charge in [-0.1, -0.05) is 65.3 Å². The van der Waals surface area contributed by atoms with Crippen molar-refractivity contribution in [2.45, 2.75) is 19.9 Å². The van der Waals surface area contributed by atoms with Crippen molar-refractivity contribution in [1.82, 2.24) is 15.1 Å². The van der Waals surface area contributed by atoms with Crippen molar-refractivity contribution in [2.75, 3.05) is 5.32 Å². The average molecular weight is 356 g/mol. The van der Waals surface area contributed by atoms with E-state index in [1.807, 2.05) is 61.5 Å². The van der Waals surface area contributed by atoms with E-state index in [-0.39, 0.29) is 6.04 Å². The Morgan fingerprint density at radius 1 is 0.926 bits per heavy atom. The van der Waals surface area contributed by atoms with Crippen LogP contribution < -0.4 is 5.32 Å². The summed E-state index contributed by atoms with van der Waals surface area (Å²) in [6.07, 6.45) is 1.75. The van der Waals surface area contributed by atoms with E-state index < -0.39 is 0 Å². The molecule has 0 spiro atoms. The average Bonchev–Trinajstić information content (AvgIpc) is 3.19. The highest BCUT2D eigenvalue weighted by atomic mass is 16.5. The molecular weight excluding hydrogens is 336 g/mol. The molecule has 134 valence electrons. The van der Waals surface area contributed by atoms with E-state index in [9.17, 15) is 0 Å². The molecule has 1 N–H and O–H groups in total. The summed E-state index contributed by atoms with van der Waals surface area (Å²) in [6.45, 7) is 4.15. The number of rotatable bonds is 5. The maximum Gasteiger partial charge on any atom is 0.261 e. The lowest BCUT2D eigenvalue weighted by molar-refractivity contribution is 0.432. The molecule has 5 heteroatoms. The molecule has 0 bridgehead atoms. The molecule has 2 heterocycles. The molecule has 0 saturated carbocycles. The summed E-state index contributed by atoms with van der Waals surface area (Å²) in [6, 6.07) is 22.2. The maximum absolute atomic E-state index is 5.52. The summed E-state index contributed by atoms with van der Waals surface area (Å²) >= 11 is 0. The van der Waals surface area contributed by atoms with Gasteiger partial charge in [0.05, 0.1) is 5.56 Å². The Morgan fingerprint density at radius 3 is 2.48 bits per heavy atom. The van der Waals surface area contributed by atoms with Crippen molar-refractivity contribution in [3.05, 3.63) is 84.1 Å². The van der Waals surface area contributed by atoms with Gasteiger partial charge in [-0.3, -0.25) is 0 Å². The first kappa shape index (κ1) is 17.0. The predicted molar refractivity (Wildman–Crippen MR) is 106 cm³/mol. The van der Waals surface area contributed by atoms with Gasteiger partial charge in [-0.05, 0) is 31.5 Å². The van der Waals surface area contributed by atoms with Crippen molar-refractivity contribution in [3.63, 3.8) is 0 Å². The third kappa shape index (κ3) is 3.72. The normalized spacial score (nSPS) is 11.9. The summed E-state index contributed by atoms with van der Waals surface area (Å²) in [7, 11) is 0. The number of hydrogen-bond donors (Lipinski definition) is 1. The van der Waals surface area contributed by atoms with Crippen LogP contribution in [0.2, 0.25) is 0 Å². The lowest BCUT2D eigenvalue weighted by Gasteiger charge is -2.16. The molecule has 0 aliphatic heterocycles. The largest absolute Gasteiger partial charge is 0.363 e. The van der Waals surface area contributed by atoms with Crippen molar-refractivity contribution in [3.8, 4) is 22.8 Å². The Bertz CT molecular complexity index is 1030. The second kappa shape index (κ2) is 7.41. The van der Waals surface area contributed by atoms with Gasteiger partial charge in [-0.25, -0.2) is 4.98 Å². The number of anilines is 1. The molecule has 0 amide bonds. The second-order valence-corrected chi connectivity index (χ2v) is 6.47. The van der Waals surface area contributed by atoms with Gasteiger partial charge >= 0.3 is 0 Å². The van der Waals surface area contributed by atoms with Crippen LogP contribution in [0.25, 0.3) is 22.8 Å². The molecule has 0 fully saturated rings. The third-order valence-electron chi connectivity index (χ3n) is 4.43. The van der Waals surface area contributed by atoms with E-state index in [0.717, 1.165) is 11.1 Å². The Labute approximate surface area is 158 Å². The van der Waals surface area contributed by atoms with Crippen LogP contribution in [0.15, 0.2) is 77.4 Å². The van der Waals surface area contributed by atoms with Gasteiger partial charge < -0.3 is 9.84 Å². The Morgan fingerprint density at radius 2 is 1.70 bits per heavy atom. The number of hydrogen-bond acceptors (Lipinski definition) is 5. The van der Waals surface area contributed by atoms with Crippen LogP contribution in [0, 0.1) is 6.92 Å². The van der Waals surface area contributed by atoms with Gasteiger partial charge in [-0.15, -0.1) is 0 Å². The minimum Gasteiger partial charge on any atom is -0.363 e. The lowest BCUT2D eigenvalue weighted by Crippen LogP contribution is -2.08. The summed E-state index contributed by atoms with van der Waals surface area (Å²) < 4.78 is 5.52. The molecule has 0 aliphatic rings. The highest BCUT2D eigenvalue weighted by Gasteiger charge is 2.16. The van der Waals surface area contributed by atoms with Gasteiger partial charge in [-0.2, -0.15) is 4.98 Å². The Hall–Kier alpha value is -3.47. The highest BCUT2D eigenvalue weighted by Crippen LogP contribution is 2.29. The van der Waals surface area contributed by atoms with Crippen molar-refractivity contribution >= 4 is 5.82 Å². The van der Waals surface area contributed by atoms with E-state index in [1.54, 1.807) is 6.20 Å². The summed E-state index contributed by atoms with van der Waals surface area (Å²) in [5.41, 5.74) is 4.08. The number of pyridine rings is 1. The molecule has 27 heavy (non-hydrogen) atoms. The molecule has 0 radical (unpaired) electrons. The molecule has 5 nitrogen and oxygen atoms in total. The fourth-order valence-electron chi connectivity index (χ4n) is 2.88. The van der Waals surface area contributed by atoms with Crippen LogP contribution in [0.1, 0.15) is 24.1 Å². The second-order valence-electron chi connectivity index (χ2n) is 6.47.